The highest BCUT2D eigenvalue weighted by molar-refractivity contribution is 5.56. The zero-order valence-electron chi connectivity index (χ0n) is 31.4. The molecule has 3 aromatic carbocycles. The summed E-state index contributed by atoms with van der Waals surface area (Å²) in [6, 6.07) is 22.3. The van der Waals surface area contributed by atoms with E-state index in [0.29, 0.717) is 19.1 Å². The fraction of sp³-hybridized carbons (Fsp3) is 0.488. The van der Waals surface area contributed by atoms with Gasteiger partial charge in [0, 0.05) is 0 Å². The summed E-state index contributed by atoms with van der Waals surface area (Å²) >= 11 is 0. The first-order chi connectivity index (χ1) is 23.5. The summed E-state index contributed by atoms with van der Waals surface area (Å²) in [6.45, 7) is 12.3. The predicted molar refractivity (Wildman–Crippen MR) is 203 cm³/mol. The molecule has 0 unspecified atom stereocenters. The van der Waals surface area contributed by atoms with Gasteiger partial charge in [-0.3, -0.25) is 0 Å². The first-order valence-corrected chi connectivity index (χ1v) is 17.6. The second kappa shape index (κ2) is 20.1. The van der Waals surface area contributed by atoms with Gasteiger partial charge in [0.05, 0.1) is 52.9 Å². The van der Waals surface area contributed by atoms with Gasteiger partial charge in [0.15, 0.2) is 23.0 Å². The molecule has 268 valence electrons. The van der Waals surface area contributed by atoms with Crippen LogP contribution in [-0.2, 0) is 15.9 Å². The van der Waals surface area contributed by atoms with Crippen LogP contribution in [0.1, 0.15) is 83.4 Å². The van der Waals surface area contributed by atoms with E-state index < -0.39 is 0 Å². The van der Waals surface area contributed by atoms with Crippen LogP contribution < -0.4 is 18.9 Å². The Kier molecular flexibility index (Phi) is 16.3. The standard InChI is InChI=1S/C22H28O3.C21H32O3/c1-22(2,15-14-18-9-6-5-7-10-18)25-16-8-11-19-12-13-20(23-3)21(17-19)24-4;1-16-8-11-18(12-9-16)21(2,3)24-14-6-7-17-10-13-19(22-4)20(15-17)23-5/h5-13,17H,14-16H2,1-4H3;6-7,10,13,15-16,18H,8-9,11-12,14H2,1-5H3/b11-8+;7-6+. The second-order valence-corrected chi connectivity index (χ2v) is 14.0. The van der Waals surface area contributed by atoms with Crippen molar-refractivity contribution in [2.45, 2.75) is 84.3 Å². The van der Waals surface area contributed by atoms with E-state index in [4.69, 9.17) is 28.4 Å². The van der Waals surface area contributed by atoms with Crippen molar-refractivity contribution in [2.24, 2.45) is 11.8 Å². The smallest absolute Gasteiger partial charge is 0.161 e. The van der Waals surface area contributed by atoms with E-state index in [-0.39, 0.29) is 11.2 Å². The van der Waals surface area contributed by atoms with E-state index in [0.717, 1.165) is 52.9 Å². The Balaban J connectivity index is 0.000000266. The summed E-state index contributed by atoms with van der Waals surface area (Å²) in [5.74, 6) is 4.51. The molecule has 0 aliphatic heterocycles. The van der Waals surface area contributed by atoms with Crippen LogP contribution in [0.15, 0.2) is 78.9 Å². The van der Waals surface area contributed by atoms with Gasteiger partial charge in [-0.1, -0.05) is 86.5 Å². The Morgan fingerprint density at radius 1 is 0.612 bits per heavy atom. The van der Waals surface area contributed by atoms with Crippen molar-refractivity contribution in [3.05, 3.63) is 95.6 Å². The van der Waals surface area contributed by atoms with E-state index >= 15 is 0 Å². The van der Waals surface area contributed by atoms with Crippen molar-refractivity contribution < 1.29 is 28.4 Å². The third-order valence-corrected chi connectivity index (χ3v) is 9.42. The molecule has 1 fully saturated rings. The van der Waals surface area contributed by atoms with Gasteiger partial charge in [-0.2, -0.15) is 0 Å². The summed E-state index contributed by atoms with van der Waals surface area (Å²) in [7, 11) is 6.58. The molecule has 0 radical (unpaired) electrons. The van der Waals surface area contributed by atoms with Crippen LogP contribution in [0.4, 0.5) is 0 Å². The summed E-state index contributed by atoms with van der Waals surface area (Å²) in [5.41, 5.74) is 3.28. The lowest BCUT2D eigenvalue weighted by Crippen LogP contribution is -2.36. The highest BCUT2D eigenvalue weighted by Crippen LogP contribution is 2.37. The van der Waals surface area contributed by atoms with Crippen molar-refractivity contribution in [3.63, 3.8) is 0 Å². The molecule has 0 spiro atoms. The van der Waals surface area contributed by atoms with E-state index in [1.54, 1.807) is 28.4 Å². The van der Waals surface area contributed by atoms with E-state index in [9.17, 15) is 0 Å². The minimum atomic E-state index is -0.155. The fourth-order valence-electron chi connectivity index (χ4n) is 6.05. The van der Waals surface area contributed by atoms with Crippen LogP contribution in [0, 0.1) is 11.8 Å². The Labute approximate surface area is 296 Å². The Morgan fingerprint density at radius 2 is 1.10 bits per heavy atom. The van der Waals surface area contributed by atoms with E-state index in [1.807, 2.05) is 54.6 Å². The maximum Gasteiger partial charge on any atom is 0.161 e. The van der Waals surface area contributed by atoms with Gasteiger partial charge in [0.25, 0.3) is 0 Å². The average molecular weight is 673 g/mol. The molecule has 0 atom stereocenters. The minimum Gasteiger partial charge on any atom is -0.493 e. The molecule has 0 amide bonds. The van der Waals surface area contributed by atoms with Crippen molar-refractivity contribution in [2.75, 3.05) is 41.7 Å². The first-order valence-electron chi connectivity index (χ1n) is 17.6. The van der Waals surface area contributed by atoms with Gasteiger partial charge >= 0.3 is 0 Å². The van der Waals surface area contributed by atoms with Crippen molar-refractivity contribution in [1.29, 1.82) is 0 Å². The molecule has 3 aromatic rings. The molecule has 1 aliphatic carbocycles. The van der Waals surface area contributed by atoms with Crippen LogP contribution in [0.5, 0.6) is 23.0 Å². The number of hydrogen-bond acceptors (Lipinski definition) is 6. The third kappa shape index (κ3) is 13.6. The first kappa shape index (κ1) is 39.7. The lowest BCUT2D eigenvalue weighted by atomic mass is 9.75. The maximum absolute atomic E-state index is 6.18. The summed E-state index contributed by atoms with van der Waals surface area (Å²) in [6.07, 6.45) is 15.5. The predicted octanol–water partition coefficient (Wildman–Crippen LogP) is 10.5. The molecule has 6 heteroatoms. The zero-order chi connectivity index (χ0) is 35.7. The molecule has 1 saturated carbocycles. The number of hydrogen-bond donors (Lipinski definition) is 0. The molecule has 6 nitrogen and oxygen atoms in total. The maximum atomic E-state index is 6.18. The molecule has 0 bridgehead atoms. The van der Waals surface area contributed by atoms with Crippen LogP contribution in [0.2, 0.25) is 0 Å². The van der Waals surface area contributed by atoms with Crippen molar-refractivity contribution in [1.82, 2.24) is 0 Å². The number of ether oxygens (including phenoxy) is 6. The zero-order valence-corrected chi connectivity index (χ0v) is 31.4. The summed E-state index contributed by atoms with van der Waals surface area (Å²) < 4.78 is 33.4. The molecule has 0 aromatic heterocycles. The number of rotatable bonds is 16. The molecule has 4 rings (SSSR count). The van der Waals surface area contributed by atoms with Crippen molar-refractivity contribution >= 4 is 12.2 Å². The summed E-state index contributed by atoms with van der Waals surface area (Å²) in [5, 5.41) is 0. The highest BCUT2D eigenvalue weighted by atomic mass is 16.5. The SMILES string of the molecule is COc1ccc(/C=C/COC(C)(C)C2CCC(C)CC2)cc1OC.COc1ccc(/C=C/COC(C)(C)CCc2ccccc2)cc1OC. The lowest BCUT2D eigenvalue weighted by Gasteiger charge is -2.38. The van der Waals surface area contributed by atoms with Gasteiger partial charge < -0.3 is 28.4 Å². The number of aryl methyl sites for hydroxylation is 1. The normalized spacial score (nSPS) is 16.7. The fourth-order valence-corrected chi connectivity index (χ4v) is 6.05. The Morgan fingerprint density at radius 3 is 1.59 bits per heavy atom. The van der Waals surface area contributed by atoms with Gasteiger partial charge in [-0.15, -0.1) is 0 Å². The van der Waals surface area contributed by atoms with Crippen LogP contribution in [-0.4, -0.2) is 52.9 Å². The van der Waals surface area contributed by atoms with Crippen LogP contribution >= 0.6 is 0 Å². The van der Waals surface area contributed by atoms with Crippen molar-refractivity contribution in [3.8, 4) is 23.0 Å². The molecule has 0 heterocycles. The molecular weight excluding hydrogens is 612 g/mol. The lowest BCUT2D eigenvalue weighted by molar-refractivity contribution is -0.0607. The second-order valence-electron chi connectivity index (χ2n) is 14.0. The molecular formula is C43H60O6. The quantitative estimate of drug-likeness (QED) is 0.151. The van der Waals surface area contributed by atoms with Gasteiger partial charge in [0.1, 0.15) is 0 Å². The monoisotopic (exact) mass is 672 g/mol. The molecule has 0 N–H and O–H groups in total. The van der Waals surface area contributed by atoms with Crippen LogP contribution in [0.3, 0.4) is 0 Å². The molecule has 1 aliphatic rings. The molecule has 49 heavy (non-hydrogen) atoms. The molecule has 0 saturated heterocycles. The third-order valence-electron chi connectivity index (χ3n) is 9.42. The Bertz CT molecular complexity index is 1430. The largest absolute Gasteiger partial charge is 0.493 e. The van der Waals surface area contributed by atoms with Crippen LogP contribution in [0.25, 0.3) is 12.2 Å². The topological polar surface area (TPSA) is 55.4 Å². The average Bonchev–Trinajstić information content (AvgIpc) is 3.11. The number of methoxy groups -OCH3 is 4. The minimum absolute atomic E-state index is 0.0535. The Hall–Kier alpha value is -3.74. The van der Waals surface area contributed by atoms with Gasteiger partial charge in [-0.25, -0.2) is 0 Å². The van der Waals surface area contributed by atoms with E-state index in [2.05, 4.69) is 71.0 Å². The van der Waals surface area contributed by atoms with Gasteiger partial charge in [0.2, 0.25) is 0 Å². The van der Waals surface area contributed by atoms with E-state index in [1.165, 1.54) is 31.2 Å². The van der Waals surface area contributed by atoms with Gasteiger partial charge in [-0.05, 0) is 106 Å². The number of benzene rings is 3. The summed E-state index contributed by atoms with van der Waals surface area (Å²) in [4.78, 5) is 0. The highest BCUT2D eigenvalue weighted by Gasteiger charge is 2.32.